The highest BCUT2D eigenvalue weighted by atomic mass is 35.5. The standard InChI is InChI=1S/C15H13Cl2FN2O3S/c1-20(2)24(22,23)10-4-6-12(16)11(8-10)15(21)19-9-3-5-13(17)14(18)7-9/h3-8H,1-2H3,(H,19,21). The summed E-state index contributed by atoms with van der Waals surface area (Å²) >= 11 is 11.6. The van der Waals surface area contributed by atoms with Gasteiger partial charge in [0.15, 0.2) is 0 Å². The van der Waals surface area contributed by atoms with Gasteiger partial charge in [0, 0.05) is 19.8 Å². The number of nitrogens with one attached hydrogen (secondary N) is 1. The maximum atomic E-state index is 13.4. The minimum atomic E-state index is -3.72. The molecule has 0 fully saturated rings. The molecular formula is C15H13Cl2FN2O3S. The molecule has 2 aromatic carbocycles. The topological polar surface area (TPSA) is 66.5 Å². The first kappa shape index (κ1) is 18.7. The molecule has 9 heteroatoms. The molecule has 0 bridgehead atoms. The van der Waals surface area contributed by atoms with Gasteiger partial charge in [-0.05, 0) is 36.4 Å². The van der Waals surface area contributed by atoms with Gasteiger partial charge in [0.1, 0.15) is 5.82 Å². The first-order chi connectivity index (χ1) is 11.1. The van der Waals surface area contributed by atoms with E-state index in [0.717, 1.165) is 10.4 Å². The predicted octanol–water partition coefficient (Wildman–Crippen LogP) is 3.64. The van der Waals surface area contributed by atoms with E-state index in [0.29, 0.717) is 0 Å². The number of carbonyl (C=O) groups is 1. The molecular weight excluding hydrogens is 378 g/mol. The number of halogens is 3. The van der Waals surface area contributed by atoms with Crippen molar-refractivity contribution in [2.24, 2.45) is 0 Å². The van der Waals surface area contributed by atoms with Gasteiger partial charge in [-0.1, -0.05) is 23.2 Å². The fraction of sp³-hybridized carbons (Fsp3) is 0.133. The van der Waals surface area contributed by atoms with Crippen molar-refractivity contribution in [1.82, 2.24) is 4.31 Å². The Bertz CT molecular complexity index is 902. The fourth-order valence-corrected chi connectivity index (χ4v) is 3.07. The molecule has 0 unspecified atom stereocenters. The third-order valence-electron chi connectivity index (χ3n) is 3.14. The lowest BCUT2D eigenvalue weighted by Gasteiger charge is -2.13. The van der Waals surface area contributed by atoms with Gasteiger partial charge in [-0.25, -0.2) is 17.1 Å². The molecule has 1 amide bonds. The second-order valence-electron chi connectivity index (χ2n) is 5.01. The zero-order chi connectivity index (χ0) is 18.1. The number of hydrogen-bond acceptors (Lipinski definition) is 3. The smallest absolute Gasteiger partial charge is 0.257 e. The van der Waals surface area contributed by atoms with E-state index in [9.17, 15) is 17.6 Å². The van der Waals surface area contributed by atoms with Gasteiger partial charge in [-0.3, -0.25) is 4.79 Å². The van der Waals surface area contributed by atoms with Crippen LogP contribution in [-0.2, 0) is 10.0 Å². The Morgan fingerprint density at radius 1 is 1.08 bits per heavy atom. The van der Waals surface area contributed by atoms with E-state index >= 15 is 0 Å². The molecule has 0 saturated heterocycles. The summed E-state index contributed by atoms with van der Waals surface area (Å²) in [6, 6.07) is 7.54. The van der Waals surface area contributed by atoms with Crippen LogP contribution in [0.2, 0.25) is 10.0 Å². The first-order valence-corrected chi connectivity index (χ1v) is 8.81. The Balaban J connectivity index is 2.37. The van der Waals surface area contributed by atoms with E-state index in [1.165, 1.54) is 44.4 Å². The molecule has 0 heterocycles. The molecule has 0 spiro atoms. The molecule has 0 aromatic heterocycles. The quantitative estimate of drug-likeness (QED) is 0.866. The van der Waals surface area contributed by atoms with E-state index in [1.54, 1.807) is 0 Å². The number of benzene rings is 2. The average molecular weight is 391 g/mol. The summed E-state index contributed by atoms with van der Waals surface area (Å²) < 4.78 is 38.7. The molecule has 0 aliphatic heterocycles. The summed E-state index contributed by atoms with van der Waals surface area (Å²) in [5, 5.41) is 2.44. The number of sulfonamides is 1. The van der Waals surface area contributed by atoms with Crippen molar-refractivity contribution < 1.29 is 17.6 Å². The van der Waals surface area contributed by atoms with Crippen molar-refractivity contribution in [3.63, 3.8) is 0 Å². The van der Waals surface area contributed by atoms with Crippen molar-refractivity contribution in [2.45, 2.75) is 4.90 Å². The van der Waals surface area contributed by atoms with Crippen LogP contribution in [0.4, 0.5) is 10.1 Å². The Morgan fingerprint density at radius 3 is 2.29 bits per heavy atom. The lowest BCUT2D eigenvalue weighted by molar-refractivity contribution is 0.102. The van der Waals surface area contributed by atoms with E-state index in [4.69, 9.17) is 23.2 Å². The summed E-state index contributed by atoms with van der Waals surface area (Å²) in [5.41, 5.74) is 0.119. The summed E-state index contributed by atoms with van der Waals surface area (Å²) in [6.07, 6.45) is 0. The van der Waals surface area contributed by atoms with Gasteiger partial charge >= 0.3 is 0 Å². The zero-order valence-electron chi connectivity index (χ0n) is 12.7. The minimum absolute atomic E-state index is 0.0463. The second kappa shape index (κ2) is 7.06. The lowest BCUT2D eigenvalue weighted by Crippen LogP contribution is -2.23. The Kier molecular flexibility index (Phi) is 5.49. The molecule has 0 atom stereocenters. The van der Waals surface area contributed by atoms with E-state index in [-0.39, 0.29) is 26.2 Å². The highest BCUT2D eigenvalue weighted by Gasteiger charge is 2.21. The van der Waals surface area contributed by atoms with Crippen molar-refractivity contribution in [2.75, 3.05) is 19.4 Å². The van der Waals surface area contributed by atoms with Gasteiger partial charge in [-0.15, -0.1) is 0 Å². The van der Waals surface area contributed by atoms with Crippen LogP contribution in [-0.4, -0.2) is 32.7 Å². The summed E-state index contributed by atoms with van der Waals surface area (Å²) in [7, 11) is -0.967. The fourth-order valence-electron chi connectivity index (χ4n) is 1.82. The zero-order valence-corrected chi connectivity index (χ0v) is 15.0. The van der Waals surface area contributed by atoms with Gasteiger partial charge in [0.25, 0.3) is 5.91 Å². The molecule has 0 radical (unpaired) electrons. The van der Waals surface area contributed by atoms with Crippen LogP contribution in [0.3, 0.4) is 0 Å². The molecule has 24 heavy (non-hydrogen) atoms. The van der Waals surface area contributed by atoms with E-state index < -0.39 is 21.7 Å². The number of carbonyl (C=O) groups excluding carboxylic acids is 1. The SMILES string of the molecule is CN(C)S(=O)(=O)c1ccc(Cl)c(C(=O)Nc2ccc(Cl)c(F)c2)c1. The predicted molar refractivity (Wildman–Crippen MR) is 91.7 cm³/mol. The van der Waals surface area contributed by atoms with Gasteiger partial charge in [0.05, 0.1) is 20.5 Å². The number of anilines is 1. The molecule has 0 aliphatic carbocycles. The van der Waals surface area contributed by atoms with Crippen molar-refractivity contribution >= 4 is 44.8 Å². The maximum Gasteiger partial charge on any atom is 0.257 e. The highest BCUT2D eigenvalue weighted by molar-refractivity contribution is 7.89. The third-order valence-corrected chi connectivity index (χ3v) is 5.59. The van der Waals surface area contributed by atoms with Crippen LogP contribution in [0.25, 0.3) is 0 Å². The summed E-state index contributed by atoms with van der Waals surface area (Å²) in [6.45, 7) is 0. The Morgan fingerprint density at radius 2 is 1.71 bits per heavy atom. The van der Waals surface area contributed by atoms with Crippen LogP contribution in [0.15, 0.2) is 41.3 Å². The Hall–Kier alpha value is -1.67. The Labute approximate surface area is 149 Å². The van der Waals surface area contributed by atoms with Crippen LogP contribution in [0, 0.1) is 5.82 Å². The second-order valence-corrected chi connectivity index (χ2v) is 7.98. The molecule has 5 nitrogen and oxygen atoms in total. The largest absolute Gasteiger partial charge is 0.322 e. The molecule has 128 valence electrons. The van der Waals surface area contributed by atoms with Crippen molar-refractivity contribution in [3.05, 3.63) is 57.8 Å². The van der Waals surface area contributed by atoms with E-state index in [2.05, 4.69) is 5.32 Å². The van der Waals surface area contributed by atoms with Gasteiger partial charge in [0.2, 0.25) is 10.0 Å². The van der Waals surface area contributed by atoms with Crippen molar-refractivity contribution in [1.29, 1.82) is 0 Å². The molecule has 2 rings (SSSR count). The first-order valence-electron chi connectivity index (χ1n) is 6.61. The highest BCUT2D eigenvalue weighted by Crippen LogP contribution is 2.24. The normalized spacial score (nSPS) is 11.6. The molecule has 0 aliphatic rings. The number of rotatable bonds is 4. The van der Waals surface area contributed by atoms with E-state index in [1.807, 2.05) is 0 Å². The van der Waals surface area contributed by atoms with Crippen LogP contribution < -0.4 is 5.32 Å². The third kappa shape index (κ3) is 3.87. The summed E-state index contributed by atoms with van der Waals surface area (Å²) in [5.74, 6) is -1.36. The number of nitrogens with zero attached hydrogens (tertiary/aromatic N) is 1. The lowest BCUT2D eigenvalue weighted by atomic mass is 10.2. The van der Waals surface area contributed by atoms with Gasteiger partial charge in [-0.2, -0.15) is 0 Å². The number of hydrogen-bond donors (Lipinski definition) is 1. The number of amides is 1. The van der Waals surface area contributed by atoms with Crippen LogP contribution >= 0.6 is 23.2 Å². The van der Waals surface area contributed by atoms with Crippen LogP contribution in [0.1, 0.15) is 10.4 Å². The maximum absolute atomic E-state index is 13.4. The average Bonchev–Trinajstić information content (AvgIpc) is 2.51. The molecule has 2 aromatic rings. The minimum Gasteiger partial charge on any atom is -0.322 e. The molecule has 1 N–H and O–H groups in total. The summed E-state index contributed by atoms with van der Waals surface area (Å²) in [4.78, 5) is 12.2. The van der Waals surface area contributed by atoms with Crippen LogP contribution in [0.5, 0.6) is 0 Å². The monoisotopic (exact) mass is 390 g/mol. The molecule has 0 saturated carbocycles. The van der Waals surface area contributed by atoms with Gasteiger partial charge < -0.3 is 5.32 Å². The van der Waals surface area contributed by atoms with Crippen molar-refractivity contribution in [3.8, 4) is 0 Å².